The number of ketones is 1. The maximum atomic E-state index is 12.0. The zero-order chi connectivity index (χ0) is 36.9. The van der Waals surface area contributed by atoms with E-state index in [-0.39, 0.29) is 128 Å². The van der Waals surface area contributed by atoms with Crippen LogP contribution in [-0.2, 0) is 66.8 Å². The van der Waals surface area contributed by atoms with E-state index in [1.165, 1.54) is 28.6 Å². The van der Waals surface area contributed by atoms with Gasteiger partial charge in [0.15, 0.2) is 7.85 Å². The van der Waals surface area contributed by atoms with Crippen molar-refractivity contribution in [1.29, 1.82) is 0 Å². The molecule has 0 aromatic rings. The highest BCUT2D eigenvalue weighted by atomic mass is 16.6. The fraction of sp³-hybridized carbons (Fsp3) is 0.733. The summed E-state index contributed by atoms with van der Waals surface area (Å²) in [5.74, 6) is -2.71. The maximum absolute atomic E-state index is 12.0. The van der Waals surface area contributed by atoms with Crippen LogP contribution in [0.5, 0.6) is 0 Å². The molecule has 0 unspecified atom stereocenters. The van der Waals surface area contributed by atoms with Gasteiger partial charge in [-0.2, -0.15) is 0 Å². The second-order valence-electron chi connectivity index (χ2n) is 10.7. The molecule has 0 bridgehead atoms. The Morgan fingerprint density at radius 3 is 1.31 bits per heavy atom. The first kappa shape index (κ1) is 45.1. The third-order valence-electron chi connectivity index (χ3n) is 6.04. The standard InChI is InChI=1S/C30H51BN4O14/c1-23(36)19-34(9-15-46-24(2)37)11-17-48-29(42)21-44-13-7-32-27(40)5-4-6-28(41)33-8-14-45-22-30(43)49-18-12-35(20-26(31)39)10-16-47-25(3)38/h4-22,31H2,1-3H3,(H,32,40)(H,33,41). The average Bonchev–Trinajstić information content (AvgIpc) is 2.99. The average molecular weight is 703 g/mol. The van der Waals surface area contributed by atoms with Gasteiger partial charge in [0.05, 0.1) is 25.4 Å². The number of Topliss-reactive ketones (excluding diaryl/α,β-unsaturated/α-hetero) is 1. The van der Waals surface area contributed by atoms with Gasteiger partial charge in [0, 0.05) is 72.5 Å². The van der Waals surface area contributed by atoms with Gasteiger partial charge in [-0.1, -0.05) is 0 Å². The van der Waals surface area contributed by atoms with Crippen molar-refractivity contribution in [2.45, 2.75) is 40.0 Å². The molecule has 0 atom stereocenters. The van der Waals surface area contributed by atoms with Crippen LogP contribution in [0.2, 0.25) is 0 Å². The van der Waals surface area contributed by atoms with Crippen molar-refractivity contribution in [3.05, 3.63) is 0 Å². The molecule has 0 saturated heterocycles. The van der Waals surface area contributed by atoms with E-state index in [1.54, 1.807) is 9.80 Å². The first-order valence-corrected chi connectivity index (χ1v) is 16.0. The minimum absolute atomic E-state index is 0.0222. The highest BCUT2D eigenvalue weighted by Gasteiger charge is 2.12. The summed E-state index contributed by atoms with van der Waals surface area (Å²) >= 11 is 0. The fourth-order valence-corrected chi connectivity index (χ4v) is 3.89. The molecule has 0 aliphatic carbocycles. The van der Waals surface area contributed by atoms with Crippen LogP contribution in [0.15, 0.2) is 0 Å². The van der Waals surface area contributed by atoms with Gasteiger partial charge in [-0.3, -0.25) is 33.8 Å². The zero-order valence-corrected chi connectivity index (χ0v) is 29.0. The third kappa shape index (κ3) is 31.1. The second-order valence-corrected chi connectivity index (χ2v) is 10.7. The Bertz CT molecular complexity index is 982. The van der Waals surface area contributed by atoms with Gasteiger partial charge < -0.3 is 43.8 Å². The Morgan fingerprint density at radius 1 is 0.551 bits per heavy atom. The van der Waals surface area contributed by atoms with Crippen LogP contribution >= 0.6 is 0 Å². The number of nitrogens with one attached hydrogen (secondary N) is 2. The molecule has 0 rings (SSSR count). The van der Waals surface area contributed by atoms with Gasteiger partial charge >= 0.3 is 23.9 Å². The predicted octanol–water partition coefficient (Wildman–Crippen LogP) is -3.01. The highest BCUT2D eigenvalue weighted by molar-refractivity contribution is 6.58. The molecule has 2 N–H and O–H groups in total. The van der Waals surface area contributed by atoms with Gasteiger partial charge in [-0.05, 0) is 13.3 Å². The van der Waals surface area contributed by atoms with E-state index in [0.29, 0.717) is 19.5 Å². The minimum Gasteiger partial charge on any atom is -0.465 e. The molecule has 0 aromatic carbocycles. The van der Waals surface area contributed by atoms with Crippen LogP contribution < -0.4 is 10.6 Å². The van der Waals surface area contributed by atoms with E-state index in [2.05, 4.69) is 10.6 Å². The number of carbonyl (C=O) groups excluding carboxylic acids is 8. The molecular formula is C30H51BN4O14. The van der Waals surface area contributed by atoms with Gasteiger partial charge in [0.2, 0.25) is 11.8 Å². The smallest absolute Gasteiger partial charge is 0.332 e. The molecule has 19 heteroatoms. The van der Waals surface area contributed by atoms with Crippen molar-refractivity contribution in [3.63, 3.8) is 0 Å². The molecule has 278 valence electrons. The Morgan fingerprint density at radius 2 is 0.939 bits per heavy atom. The molecule has 0 aliphatic rings. The van der Waals surface area contributed by atoms with Crippen LogP contribution in [0.4, 0.5) is 0 Å². The Labute approximate surface area is 287 Å². The van der Waals surface area contributed by atoms with Crippen molar-refractivity contribution in [2.24, 2.45) is 0 Å². The maximum Gasteiger partial charge on any atom is 0.332 e. The topological polar surface area (TPSA) is 222 Å². The highest BCUT2D eigenvalue weighted by Crippen LogP contribution is 1.96. The molecule has 18 nitrogen and oxygen atoms in total. The predicted molar refractivity (Wildman–Crippen MR) is 174 cm³/mol. The number of esters is 4. The van der Waals surface area contributed by atoms with E-state index in [0.717, 1.165) is 0 Å². The van der Waals surface area contributed by atoms with Gasteiger partial charge in [0.25, 0.3) is 0 Å². The van der Waals surface area contributed by atoms with E-state index < -0.39 is 23.9 Å². The number of rotatable bonds is 30. The molecule has 0 aromatic heterocycles. The van der Waals surface area contributed by atoms with Crippen molar-refractivity contribution in [2.75, 3.05) is 105 Å². The minimum atomic E-state index is -0.607. The third-order valence-corrected chi connectivity index (χ3v) is 6.04. The molecule has 49 heavy (non-hydrogen) atoms. The molecule has 0 radical (unpaired) electrons. The Balaban J connectivity index is 3.86. The normalized spacial score (nSPS) is 10.7. The zero-order valence-electron chi connectivity index (χ0n) is 29.0. The molecule has 2 amide bonds. The van der Waals surface area contributed by atoms with Gasteiger partial charge in [-0.15, -0.1) is 0 Å². The van der Waals surface area contributed by atoms with Crippen LogP contribution in [0, 0.1) is 0 Å². The Hall–Kier alpha value is -3.94. The van der Waals surface area contributed by atoms with Crippen LogP contribution in [0.3, 0.4) is 0 Å². The summed E-state index contributed by atoms with van der Waals surface area (Å²) in [6, 6.07) is 0. The lowest BCUT2D eigenvalue weighted by Crippen LogP contribution is -2.36. The summed E-state index contributed by atoms with van der Waals surface area (Å²) in [7, 11) is 1.43. The number of hydrogen-bond donors (Lipinski definition) is 2. The second kappa shape index (κ2) is 29.0. The fourth-order valence-electron chi connectivity index (χ4n) is 3.89. The first-order chi connectivity index (χ1) is 23.3. The van der Waals surface area contributed by atoms with E-state index in [4.69, 9.17) is 28.4 Å². The van der Waals surface area contributed by atoms with Crippen molar-refractivity contribution in [3.8, 4) is 0 Å². The van der Waals surface area contributed by atoms with Gasteiger partial charge in [-0.25, -0.2) is 9.59 Å². The Kier molecular flexibility index (Phi) is 26.7. The molecule has 0 heterocycles. The molecule has 0 saturated carbocycles. The van der Waals surface area contributed by atoms with E-state index >= 15 is 0 Å². The molecule has 0 aliphatic heterocycles. The van der Waals surface area contributed by atoms with Crippen LogP contribution in [-0.4, -0.2) is 170 Å². The van der Waals surface area contributed by atoms with Crippen LogP contribution in [0.25, 0.3) is 0 Å². The summed E-state index contributed by atoms with van der Waals surface area (Å²) in [4.78, 5) is 95.6. The molecule has 0 spiro atoms. The largest absolute Gasteiger partial charge is 0.465 e. The quantitative estimate of drug-likeness (QED) is 0.0329. The van der Waals surface area contributed by atoms with E-state index in [9.17, 15) is 38.4 Å². The van der Waals surface area contributed by atoms with Crippen LogP contribution in [0.1, 0.15) is 40.0 Å². The van der Waals surface area contributed by atoms with Crippen molar-refractivity contribution in [1.82, 2.24) is 20.4 Å². The number of carbonyl (C=O) groups is 8. The summed E-state index contributed by atoms with van der Waals surface area (Å²) in [5, 5.41) is 5.25. The summed E-state index contributed by atoms with van der Waals surface area (Å²) < 4.78 is 30.3. The lowest BCUT2D eigenvalue weighted by Gasteiger charge is -2.20. The number of nitrogens with zero attached hydrogens (tertiary/aromatic N) is 2. The number of ether oxygens (including phenoxy) is 6. The SMILES string of the molecule is BC(=O)CN(CCOC(C)=O)CCOC(=O)COCCNC(=O)CCCC(=O)NCCOCC(=O)OCCN(CCOC(C)=O)CC(C)=O. The molecule has 0 fully saturated rings. The summed E-state index contributed by atoms with van der Waals surface area (Å²) in [6.45, 7) is 5.57. The lowest BCUT2D eigenvalue weighted by molar-refractivity contribution is -0.150. The van der Waals surface area contributed by atoms with Gasteiger partial charge in [0.1, 0.15) is 45.4 Å². The summed E-state index contributed by atoms with van der Waals surface area (Å²) in [5.41, 5.74) is -0.0803. The number of hydrogen-bond acceptors (Lipinski definition) is 16. The molecular weight excluding hydrogens is 651 g/mol. The summed E-state index contributed by atoms with van der Waals surface area (Å²) in [6.07, 6.45) is 0.528. The number of amides is 2. The lowest BCUT2D eigenvalue weighted by atomic mass is 10.0. The van der Waals surface area contributed by atoms with E-state index in [1.807, 2.05) is 0 Å². The van der Waals surface area contributed by atoms with Crippen molar-refractivity contribution >= 4 is 55.0 Å². The monoisotopic (exact) mass is 702 g/mol. The first-order valence-electron chi connectivity index (χ1n) is 16.0. The van der Waals surface area contributed by atoms with Crippen molar-refractivity contribution < 1.29 is 66.8 Å².